The molecule has 2 atom stereocenters. The molecule has 1 fully saturated rings. The summed E-state index contributed by atoms with van der Waals surface area (Å²) in [4.78, 5) is 2.33. The van der Waals surface area contributed by atoms with Crippen LogP contribution in [0, 0.1) is 5.92 Å². The van der Waals surface area contributed by atoms with E-state index in [0.29, 0.717) is 11.5 Å². The van der Waals surface area contributed by atoms with Crippen LogP contribution in [0.2, 0.25) is 0 Å². The quantitative estimate of drug-likeness (QED) is 0.633. The second-order valence-corrected chi connectivity index (χ2v) is 5.49. The third-order valence-electron chi connectivity index (χ3n) is 4.21. The fourth-order valence-corrected chi connectivity index (χ4v) is 2.87. The molecule has 2 rings (SSSR count). The molecule has 5 nitrogen and oxygen atoms in total. The molecule has 1 aliphatic heterocycles. The Labute approximate surface area is 119 Å². The lowest BCUT2D eigenvalue weighted by molar-refractivity contribution is 0.125. The summed E-state index contributed by atoms with van der Waals surface area (Å²) in [7, 11) is 0. The third kappa shape index (κ3) is 2.83. The lowest BCUT2D eigenvalue weighted by Gasteiger charge is -2.38. The molecule has 0 amide bonds. The molecule has 0 aliphatic carbocycles. The molecule has 1 aromatic rings. The summed E-state index contributed by atoms with van der Waals surface area (Å²) in [5.41, 5.74) is 0.691. The first-order valence-electron chi connectivity index (χ1n) is 7.24. The summed E-state index contributed by atoms with van der Waals surface area (Å²) in [5.74, 6) is -0.558. The van der Waals surface area contributed by atoms with Crippen LogP contribution in [0.3, 0.4) is 0 Å². The van der Waals surface area contributed by atoms with E-state index in [1.54, 1.807) is 6.07 Å². The molecule has 1 heterocycles. The van der Waals surface area contributed by atoms with Gasteiger partial charge in [0, 0.05) is 37.8 Å². The number of rotatable bonds is 4. The molecule has 0 saturated carbocycles. The van der Waals surface area contributed by atoms with Crippen molar-refractivity contribution in [3.8, 4) is 17.2 Å². The van der Waals surface area contributed by atoms with Crippen LogP contribution in [0.25, 0.3) is 0 Å². The van der Waals surface area contributed by atoms with Crippen LogP contribution in [0.15, 0.2) is 12.1 Å². The Morgan fingerprint density at radius 2 is 1.80 bits per heavy atom. The predicted octanol–water partition coefficient (Wildman–Crippen LogP) is 1.80. The minimum absolute atomic E-state index is 0.0496. The van der Waals surface area contributed by atoms with Gasteiger partial charge in [-0.05, 0) is 18.1 Å². The van der Waals surface area contributed by atoms with Gasteiger partial charge in [0.05, 0.1) is 0 Å². The van der Waals surface area contributed by atoms with E-state index < -0.39 is 5.75 Å². The van der Waals surface area contributed by atoms with Crippen molar-refractivity contribution < 1.29 is 15.3 Å². The number of nitrogens with one attached hydrogen (secondary N) is 1. The van der Waals surface area contributed by atoms with Gasteiger partial charge in [0.1, 0.15) is 0 Å². The van der Waals surface area contributed by atoms with Crippen LogP contribution < -0.4 is 5.32 Å². The molecule has 1 unspecified atom stereocenters. The fourth-order valence-electron chi connectivity index (χ4n) is 2.87. The number of phenolic OH excluding ortho intramolecular Hbond substituents is 3. The van der Waals surface area contributed by atoms with Crippen LogP contribution in [0.1, 0.15) is 31.9 Å². The molecule has 112 valence electrons. The molecule has 0 bridgehead atoms. The molecule has 20 heavy (non-hydrogen) atoms. The number of hydrogen-bond donors (Lipinski definition) is 4. The molecule has 1 saturated heterocycles. The van der Waals surface area contributed by atoms with Crippen LogP contribution in [0.5, 0.6) is 17.2 Å². The van der Waals surface area contributed by atoms with Crippen molar-refractivity contribution in [2.24, 2.45) is 5.92 Å². The molecular weight excluding hydrogens is 256 g/mol. The Balaban J connectivity index is 2.38. The number of phenols is 3. The second-order valence-electron chi connectivity index (χ2n) is 5.49. The summed E-state index contributed by atoms with van der Waals surface area (Å²) in [6.07, 6.45) is 0.982. The number of piperazine rings is 1. The van der Waals surface area contributed by atoms with Gasteiger partial charge >= 0.3 is 0 Å². The number of nitrogens with zero attached hydrogens (tertiary/aromatic N) is 1. The van der Waals surface area contributed by atoms with E-state index >= 15 is 0 Å². The SMILES string of the molecule is CCC(C)[C@@H](c1ccc(O)c(O)c1O)N1CCNCC1. The standard InChI is InChI=1S/C15H24N2O3/c1-3-10(2)13(17-8-6-16-7-9-17)11-4-5-12(18)15(20)14(11)19/h4-5,10,13,16,18-20H,3,6-9H2,1-2H3/t10?,13-/m0/s1. The van der Waals surface area contributed by atoms with Gasteiger partial charge < -0.3 is 20.6 Å². The van der Waals surface area contributed by atoms with Gasteiger partial charge in [0.2, 0.25) is 5.75 Å². The lowest BCUT2D eigenvalue weighted by atomic mass is 9.89. The van der Waals surface area contributed by atoms with E-state index in [4.69, 9.17) is 0 Å². The largest absolute Gasteiger partial charge is 0.504 e. The van der Waals surface area contributed by atoms with E-state index in [-0.39, 0.29) is 17.5 Å². The van der Waals surface area contributed by atoms with Crippen molar-refractivity contribution >= 4 is 0 Å². The van der Waals surface area contributed by atoms with Crippen molar-refractivity contribution in [1.29, 1.82) is 0 Å². The van der Waals surface area contributed by atoms with Crippen molar-refractivity contribution in [2.75, 3.05) is 26.2 Å². The normalized spacial score (nSPS) is 19.7. The van der Waals surface area contributed by atoms with Gasteiger partial charge in [-0.25, -0.2) is 0 Å². The first-order valence-corrected chi connectivity index (χ1v) is 7.24. The zero-order valence-electron chi connectivity index (χ0n) is 12.1. The summed E-state index contributed by atoms with van der Waals surface area (Å²) in [6, 6.07) is 3.21. The average Bonchev–Trinajstić information content (AvgIpc) is 2.48. The maximum Gasteiger partial charge on any atom is 0.200 e. The molecule has 5 heteroatoms. The van der Waals surface area contributed by atoms with Crippen LogP contribution in [-0.4, -0.2) is 46.4 Å². The Kier molecular flexibility index (Phi) is 4.73. The monoisotopic (exact) mass is 280 g/mol. The highest BCUT2D eigenvalue weighted by Gasteiger charge is 2.29. The zero-order chi connectivity index (χ0) is 14.7. The van der Waals surface area contributed by atoms with Crippen molar-refractivity contribution in [1.82, 2.24) is 10.2 Å². The smallest absolute Gasteiger partial charge is 0.200 e. The van der Waals surface area contributed by atoms with Gasteiger partial charge in [0.25, 0.3) is 0 Å². The van der Waals surface area contributed by atoms with E-state index in [9.17, 15) is 15.3 Å². The van der Waals surface area contributed by atoms with E-state index in [1.165, 1.54) is 6.07 Å². The molecule has 0 aromatic heterocycles. The molecule has 1 aliphatic rings. The maximum absolute atomic E-state index is 10.2. The lowest BCUT2D eigenvalue weighted by Crippen LogP contribution is -2.46. The van der Waals surface area contributed by atoms with E-state index in [2.05, 4.69) is 24.1 Å². The summed E-state index contributed by atoms with van der Waals surface area (Å²) >= 11 is 0. The Morgan fingerprint density at radius 1 is 1.15 bits per heavy atom. The van der Waals surface area contributed by atoms with Crippen molar-refractivity contribution in [3.05, 3.63) is 17.7 Å². The van der Waals surface area contributed by atoms with E-state index in [1.807, 2.05) is 0 Å². The number of hydrogen-bond acceptors (Lipinski definition) is 5. The van der Waals surface area contributed by atoms with Crippen molar-refractivity contribution in [2.45, 2.75) is 26.3 Å². The third-order valence-corrected chi connectivity index (χ3v) is 4.21. The van der Waals surface area contributed by atoms with Crippen LogP contribution >= 0.6 is 0 Å². The minimum atomic E-state index is -0.425. The highest BCUT2D eigenvalue weighted by molar-refractivity contribution is 5.54. The van der Waals surface area contributed by atoms with Gasteiger partial charge in [-0.1, -0.05) is 20.3 Å². The Bertz CT molecular complexity index is 459. The fraction of sp³-hybridized carbons (Fsp3) is 0.600. The minimum Gasteiger partial charge on any atom is -0.504 e. The van der Waals surface area contributed by atoms with Gasteiger partial charge in [0.15, 0.2) is 11.5 Å². The predicted molar refractivity (Wildman–Crippen MR) is 78.1 cm³/mol. The molecular formula is C15H24N2O3. The average molecular weight is 280 g/mol. The highest BCUT2D eigenvalue weighted by atomic mass is 16.3. The van der Waals surface area contributed by atoms with E-state index in [0.717, 1.165) is 32.6 Å². The summed E-state index contributed by atoms with van der Waals surface area (Å²) in [6.45, 7) is 7.95. The number of aromatic hydroxyl groups is 3. The second kappa shape index (κ2) is 6.33. The Hall–Kier alpha value is -1.46. The molecule has 0 radical (unpaired) electrons. The zero-order valence-corrected chi connectivity index (χ0v) is 12.1. The number of benzene rings is 1. The first-order chi connectivity index (χ1) is 9.56. The maximum atomic E-state index is 10.2. The topological polar surface area (TPSA) is 76.0 Å². The van der Waals surface area contributed by atoms with Crippen molar-refractivity contribution in [3.63, 3.8) is 0 Å². The molecule has 1 aromatic carbocycles. The summed E-state index contributed by atoms with van der Waals surface area (Å²) in [5, 5.41) is 32.7. The highest BCUT2D eigenvalue weighted by Crippen LogP contribution is 2.43. The molecule has 0 spiro atoms. The molecule has 4 N–H and O–H groups in total. The Morgan fingerprint density at radius 3 is 2.40 bits per heavy atom. The first kappa shape index (κ1) is 14.9. The van der Waals surface area contributed by atoms with Gasteiger partial charge in [-0.2, -0.15) is 0 Å². The van der Waals surface area contributed by atoms with Gasteiger partial charge in [-0.15, -0.1) is 0 Å². The van der Waals surface area contributed by atoms with Gasteiger partial charge in [-0.3, -0.25) is 4.90 Å². The van der Waals surface area contributed by atoms with Crippen LogP contribution in [-0.2, 0) is 0 Å². The van der Waals surface area contributed by atoms with Crippen LogP contribution in [0.4, 0.5) is 0 Å². The summed E-state index contributed by atoms with van der Waals surface area (Å²) < 4.78 is 0.